The van der Waals surface area contributed by atoms with Crippen LogP contribution < -0.4 is 0 Å². The number of hydrogen-bond donors (Lipinski definition) is 0. The van der Waals surface area contributed by atoms with Crippen molar-refractivity contribution in [1.82, 2.24) is 19.6 Å². The summed E-state index contributed by atoms with van der Waals surface area (Å²) in [6.07, 6.45) is 11.2. The lowest BCUT2D eigenvalue weighted by molar-refractivity contribution is -0.152. The standard InChI is InChI=1S/C30H52N4O5/c1-30(2,3)39-29(37)34-17-13-25(14-18-34)32-19-21-33(22-20-32)27(35)10-9-24-11-15-31(16-12-24)23-28(36)38-26-7-5-4-6-8-26/h24-26H,4-23H2,1-3H3. The Balaban J connectivity index is 1.07. The van der Waals surface area contributed by atoms with Gasteiger partial charge in [0, 0.05) is 51.7 Å². The number of piperazine rings is 1. The summed E-state index contributed by atoms with van der Waals surface area (Å²) in [6.45, 7) is 12.9. The van der Waals surface area contributed by atoms with Crippen LogP contribution in [0.2, 0.25) is 0 Å². The van der Waals surface area contributed by atoms with Gasteiger partial charge < -0.3 is 19.3 Å². The van der Waals surface area contributed by atoms with Crippen LogP contribution in [-0.4, -0.2) is 114 Å². The number of nitrogens with zero attached hydrogens (tertiary/aromatic N) is 4. The van der Waals surface area contributed by atoms with Crippen molar-refractivity contribution in [3.63, 3.8) is 0 Å². The number of likely N-dealkylation sites (tertiary alicyclic amines) is 2. The van der Waals surface area contributed by atoms with Gasteiger partial charge in [0.05, 0.1) is 6.54 Å². The fourth-order valence-electron chi connectivity index (χ4n) is 6.58. The molecule has 4 aliphatic rings. The molecule has 0 N–H and O–H groups in total. The Bertz CT molecular complexity index is 801. The van der Waals surface area contributed by atoms with Crippen molar-refractivity contribution in [2.45, 2.75) is 109 Å². The Morgan fingerprint density at radius 1 is 0.744 bits per heavy atom. The number of amides is 2. The second-order valence-electron chi connectivity index (χ2n) is 13.1. The molecule has 0 spiro atoms. The number of piperidine rings is 2. The third-order valence-corrected chi connectivity index (χ3v) is 8.98. The quantitative estimate of drug-likeness (QED) is 0.446. The minimum Gasteiger partial charge on any atom is -0.461 e. The summed E-state index contributed by atoms with van der Waals surface area (Å²) in [6, 6.07) is 0.478. The van der Waals surface area contributed by atoms with Gasteiger partial charge in [-0.1, -0.05) is 6.42 Å². The van der Waals surface area contributed by atoms with Gasteiger partial charge in [-0.15, -0.1) is 0 Å². The van der Waals surface area contributed by atoms with Crippen LogP contribution in [0.25, 0.3) is 0 Å². The molecule has 0 aromatic carbocycles. The van der Waals surface area contributed by atoms with E-state index in [1.807, 2.05) is 30.6 Å². The maximum atomic E-state index is 12.9. The smallest absolute Gasteiger partial charge is 0.410 e. The van der Waals surface area contributed by atoms with E-state index in [-0.39, 0.29) is 24.1 Å². The molecule has 3 saturated heterocycles. The number of esters is 1. The van der Waals surface area contributed by atoms with Crippen LogP contribution in [-0.2, 0) is 19.1 Å². The van der Waals surface area contributed by atoms with Gasteiger partial charge in [-0.25, -0.2) is 4.79 Å². The van der Waals surface area contributed by atoms with Crippen molar-refractivity contribution in [2.24, 2.45) is 5.92 Å². The van der Waals surface area contributed by atoms with Crippen LogP contribution in [0.1, 0.15) is 91.4 Å². The highest BCUT2D eigenvalue weighted by Crippen LogP contribution is 2.25. The highest BCUT2D eigenvalue weighted by molar-refractivity contribution is 5.76. The molecule has 0 bridgehead atoms. The number of ether oxygens (including phenoxy) is 2. The zero-order valence-corrected chi connectivity index (χ0v) is 24.7. The maximum Gasteiger partial charge on any atom is 0.410 e. The summed E-state index contributed by atoms with van der Waals surface area (Å²) in [5, 5.41) is 0. The Morgan fingerprint density at radius 3 is 2.00 bits per heavy atom. The SMILES string of the molecule is CC(C)(C)OC(=O)N1CCC(N2CCN(C(=O)CCC3CCN(CC(=O)OC4CCCCC4)CC3)CC2)CC1. The van der Waals surface area contributed by atoms with Gasteiger partial charge in [-0.2, -0.15) is 0 Å². The van der Waals surface area contributed by atoms with Crippen LogP contribution in [0, 0.1) is 5.92 Å². The van der Waals surface area contributed by atoms with Gasteiger partial charge in [0.1, 0.15) is 11.7 Å². The lowest BCUT2D eigenvalue weighted by Gasteiger charge is -2.43. The summed E-state index contributed by atoms with van der Waals surface area (Å²) in [7, 11) is 0. The van der Waals surface area contributed by atoms with E-state index in [4.69, 9.17) is 9.47 Å². The molecule has 4 rings (SSSR count). The van der Waals surface area contributed by atoms with E-state index < -0.39 is 5.60 Å². The van der Waals surface area contributed by atoms with E-state index in [2.05, 4.69) is 9.80 Å². The monoisotopic (exact) mass is 548 g/mol. The van der Waals surface area contributed by atoms with E-state index >= 15 is 0 Å². The van der Waals surface area contributed by atoms with Gasteiger partial charge in [0.15, 0.2) is 0 Å². The Morgan fingerprint density at radius 2 is 1.38 bits per heavy atom. The van der Waals surface area contributed by atoms with Gasteiger partial charge >= 0.3 is 12.1 Å². The molecule has 1 aliphatic carbocycles. The molecule has 0 aromatic heterocycles. The van der Waals surface area contributed by atoms with E-state index in [0.29, 0.717) is 24.9 Å². The van der Waals surface area contributed by atoms with Crippen molar-refractivity contribution in [2.75, 3.05) is 58.9 Å². The van der Waals surface area contributed by atoms with Crippen LogP contribution in [0.3, 0.4) is 0 Å². The highest BCUT2D eigenvalue weighted by Gasteiger charge is 2.32. The minimum absolute atomic E-state index is 0.0664. The van der Waals surface area contributed by atoms with E-state index in [1.165, 1.54) is 19.3 Å². The van der Waals surface area contributed by atoms with Crippen molar-refractivity contribution >= 4 is 18.0 Å². The number of hydrogen-bond acceptors (Lipinski definition) is 7. The van der Waals surface area contributed by atoms with Crippen LogP contribution in [0.15, 0.2) is 0 Å². The predicted molar refractivity (Wildman–Crippen MR) is 150 cm³/mol. The van der Waals surface area contributed by atoms with Crippen LogP contribution in [0.4, 0.5) is 4.79 Å². The van der Waals surface area contributed by atoms with Crippen LogP contribution >= 0.6 is 0 Å². The fourth-order valence-corrected chi connectivity index (χ4v) is 6.58. The first-order valence-corrected chi connectivity index (χ1v) is 15.6. The molecule has 0 radical (unpaired) electrons. The zero-order chi connectivity index (χ0) is 27.8. The lowest BCUT2D eigenvalue weighted by Crippen LogP contribution is -2.55. The second kappa shape index (κ2) is 14.2. The molecule has 0 aromatic rings. The van der Waals surface area contributed by atoms with Crippen LogP contribution in [0.5, 0.6) is 0 Å². The summed E-state index contributed by atoms with van der Waals surface area (Å²) in [5.74, 6) is 0.784. The lowest BCUT2D eigenvalue weighted by atomic mass is 9.92. The van der Waals surface area contributed by atoms with Crippen molar-refractivity contribution < 1.29 is 23.9 Å². The first-order valence-electron chi connectivity index (χ1n) is 15.6. The summed E-state index contributed by atoms with van der Waals surface area (Å²) >= 11 is 0. The maximum absolute atomic E-state index is 12.9. The molecule has 3 aliphatic heterocycles. The molecule has 3 heterocycles. The van der Waals surface area contributed by atoms with Gasteiger partial charge in [-0.05, 0) is 97.6 Å². The van der Waals surface area contributed by atoms with Crippen molar-refractivity contribution in [1.29, 1.82) is 0 Å². The molecule has 9 nitrogen and oxygen atoms in total. The number of carbonyl (C=O) groups excluding carboxylic acids is 3. The van der Waals surface area contributed by atoms with Gasteiger partial charge in [-0.3, -0.25) is 19.4 Å². The van der Waals surface area contributed by atoms with Gasteiger partial charge in [0.25, 0.3) is 0 Å². The molecule has 2 amide bonds. The molecule has 0 atom stereocenters. The third-order valence-electron chi connectivity index (χ3n) is 8.98. The highest BCUT2D eigenvalue weighted by atomic mass is 16.6. The molecular formula is C30H52N4O5. The second-order valence-corrected chi connectivity index (χ2v) is 13.1. The fraction of sp³-hybridized carbons (Fsp3) is 0.900. The minimum atomic E-state index is -0.461. The van der Waals surface area contributed by atoms with Crippen molar-refractivity contribution in [3.8, 4) is 0 Å². The summed E-state index contributed by atoms with van der Waals surface area (Å²) in [5.41, 5.74) is -0.461. The third kappa shape index (κ3) is 9.62. The Kier molecular flexibility index (Phi) is 10.9. The molecule has 1 saturated carbocycles. The first kappa shape index (κ1) is 30.1. The zero-order valence-electron chi connectivity index (χ0n) is 24.7. The van der Waals surface area contributed by atoms with Crippen molar-refractivity contribution in [3.05, 3.63) is 0 Å². The molecule has 4 fully saturated rings. The normalized spacial score (nSPS) is 23.6. The largest absolute Gasteiger partial charge is 0.461 e. The molecular weight excluding hydrogens is 496 g/mol. The Hall–Kier alpha value is -1.87. The average molecular weight is 549 g/mol. The first-order chi connectivity index (χ1) is 18.7. The molecule has 39 heavy (non-hydrogen) atoms. The average Bonchev–Trinajstić information content (AvgIpc) is 2.92. The van der Waals surface area contributed by atoms with E-state index in [9.17, 15) is 14.4 Å². The topological polar surface area (TPSA) is 82.6 Å². The predicted octanol–water partition coefficient (Wildman–Crippen LogP) is 3.90. The van der Waals surface area contributed by atoms with Gasteiger partial charge in [0.2, 0.25) is 5.91 Å². The number of carbonyl (C=O) groups is 3. The van der Waals surface area contributed by atoms with E-state index in [0.717, 1.165) is 97.3 Å². The molecule has 222 valence electrons. The molecule has 0 unspecified atom stereocenters. The summed E-state index contributed by atoms with van der Waals surface area (Å²) in [4.78, 5) is 46.2. The molecule has 9 heteroatoms. The Labute approximate surface area is 235 Å². The van der Waals surface area contributed by atoms with E-state index in [1.54, 1.807) is 0 Å². The number of rotatable bonds is 7. The summed E-state index contributed by atoms with van der Waals surface area (Å²) < 4.78 is 11.2.